The molecule has 0 aliphatic heterocycles. The molecule has 7 heteroatoms. The number of nitro groups is 1. The largest absolute Gasteiger partial charge is 0.493 e. The van der Waals surface area contributed by atoms with Crippen LogP contribution in [0.1, 0.15) is 5.56 Å². The monoisotopic (exact) mass is 346 g/mol. The first-order valence-corrected chi connectivity index (χ1v) is 7.81. The standard InChI is InChI=1S/C18H22N2O5/c1-19(11-12-25-15-7-5-4-6-8-15)13-14-9-10-16(23-2)18(24-3)17(14)20(21)22/h4-10H,11-13H2,1-3H3. The fourth-order valence-electron chi connectivity index (χ4n) is 2.49. The number of rotatable bonds is 9. The van der Waals surface area contributed by atoms with Crippen molar-refractivity contribution < 1.29 is 19.1 Å². The minimum Gasteiger partial charge on any atom is -0.493 e. The summed E-state index contributed by atoms with van der Waals surface area (Å²) in [5.41, 5.74) is 0.488. The Balaban J connectivity index is 2.04. The predicted molar refractivity (Wildman–Crippen MR) is 94.5 cm³/mol. The smallest absolute Gasteiger partial charge is 0.319 e. The summed E-state index contributed by atoms with van der Waals surface area (Å²) >= 11 is 0. The molecule has 0 saturated heterocycles. The molecule has 134 valence electrons. The van der Waals surface area contributed by atoms with Crippen molar-refractivity contribution in [2.45, 2.75) is 6.54 Å². The van der Waals surface area contributed by atoms with E-state index in [0.717, 1.165) is 5.75 Å². The Morgan fingerprint density at radius 1 is 1.08 bits per heavy atom. The van der Waals surface area contributed by atoms with Crippen LogP contribution in [-0.2, 0) is 6.54 Å². The molecule has 0 saturated carbocycles. The van der Waals surface area contributed by atoms with Gasteiger partial charge < -0.3 is 14.2 Å². The lowest BCUT2D eigenvalue weighted by Gasteiger charge is -2.18. The average molecular weight is 346 g/mol. The van der Waals surface area contributed by atoms with Crippen LogP contribution >= 0.6 is 0 Å². The van der Waals surface area contributed by atoms with E-state index in [1.807, 2.05) is 42.3 Å². The molecule has 25 heavy (non-hydrogen) atoms. The Morgan fingerprint density at radius 3 is 2.40 bits per heavy atom. The lowest BCUT2D eigenvalue weighted by molar-refractivity contribution is -0.386. The van der Waals surface area contributed by atoms with Crippen molar-refractivity contribution in [3.8, 4) is 17.2 Å². The average Bonchev–Trinajstić information content (AvgIpc) is 2.61. The minimum atomic E-state index is -0.439. The van der Waals surface area contributed by atoms with Crippen molar-refractivity contribution >= 4 is 5.69 Å². The molecule has 0 spiro atoms. The molecule has 2 aromatic carbocycles. The quantitative estimate of drug-likeness (QED) is 0.513. The topological polar surface area (TPSA) is 74.1 Å². The van der Waals surface area contributed by atoms with Crippen LogP contribution in [0.15, 0.2) is 42.5 Å². The van der Waals surface area contributed by atoms with Crippen LogP contribution in [0.3, 0.4) is 0 Å². The minimum absolute atomic E-state index is 0.0716. The van der Waals surface area contributed by atoms with Gasteiger partial charge in [-0.05, 0) is 31.3 Å². The Hall–Kier alpha value is -2.80. The first-order valence-electron chi connectivity index (χ1n) is 7.81. The number of para-hydroxylation sites is 1. The van der Waals surface area contributed by atoms with Gasteiger partial charge in [-0.1, -0.05) is 18.2 Å². The van der Waals surface area contributed by atoms with Crippen molar-refractivity contribution in [2.75, 3.05) is 34.4 Å². The third-order valence-electron chi connectivity index (χ3n) is 3.71. The molecule has 0 aliphatic rings. The van der Waals surface area contributed by atoms with Gasteiger partial charge in [0.2, 0.25) is 5.75 Å². The highest BCUT2D eigenvalue weighted by Crippen LogP contribution is 2.39. The highest BCUT2D eigenvalue weighted by atomic mass is 16.6. The van der Waals surface area contributed by atoms with Crippen LogP contribution in [0.5, 0.6) is 17.2 Å². The molecule has 0 bridgehead atoms. The third-order valence-corrected chi connectivity index (χ3v) is 3.71. The lowest BCUT2D eigenvalue weighted by atomic mass is 10.1. The molecule has 2 aromatic rings. The summed E-state index contributed by atoms with van der Waals surface area (Å²) in [4.78, 5) is 13.0. The van der Waals surface area contributed by atoms with E-state index in [1.54, 1.807) is 12.1 Å². The van der Waals surface area contributed by atoms with E-state index in [1.165, 1.54) is 14.2 Å². The zero-order chi connectivity index (χ0) is 18.2. The van der Waals surface area contributed by atoms with Crippen molar-refractivity contribution in [1.82, 2.24) is 4.90 Å². The lowest BCUT2D eigenvalue weighted by Crippen LogP contribution is -2.24. The highest BCUT2D eigenvalue weighted by Gasteiger charge is 2.25. The maximum atomic E-state index is 11.5. The van der Waals surface area contributed by atoms with Gasteiger partial charge in [-0.3, -0.25) is 15.0 Å². The molecular formula is C18H22N2O5. The van der Waals surface area contributed by atoms with Crippen LogP contribution in [0.2, 0.25) is 0 Å². The SMILES string of the molecule is COc1ccc(CN(C)CCOc2ccccc2)c([N+](=O)[O-])c1OC. The predicted octanol–water partition coefficient (Wildman–Crippen LogP) is 3.12. The van der Waals surface area contributed by atoms with Gasteiger partial charge in [0.15, 0.2) is 5.75 Å². The summed E-state index contributed by atoms with van der Waals surface area (Å²) in [6.45, 7) is 1.51. The first kappa shape index (κ1) is 18.5. The number of nitro benzene ring substituents is 1. The number of nitrogens with zero attached hydrogens (tertiary/aromatic N) is 2. The second kappa shape index (κ2) is 8.89. The molecule has 0 aliphatic carbocycles. The molecule has 0 radical (unpaired) electrons. The van der Waals surface area contributed by atoms with Crippen molar-refractivity contribution in [3.63, 3.8) is 0 Å². The van der Waals surface area contributed by atoms with Crippen molar-refractivity contribution in [2.24, 2.45) is 0 Å². The van der Waals surface area contributed by atoms with Gasteiger partial charge in [0.25, 0.3) is 0 Å². The molecule has 0 amide bonds. The third kappa shape index (κ3) is 4.84. The second-order valence-electron chi connectivity index (χ2n) is 5.47. The molecule has 7 nitrogen and oxygen atoms in total. The van der Waals surface area contributed by atoms with E-state index in [9.17, 15) is 10.1 Å². The molecule has 2 rings (SSSR count). The number of benzene rings is 2. The van der Waals surface area contributed by atoms with E-state index in [4.69, 9.17) is 14.2 Å². The van der Waals surface area contributed by atoms with Crippen molar-refractivity contribution in [1.29, 1.82) is 0 Å². The Bertz CT molecular complexity index is 706. The zero-order valence-corrected chi connectivity index (χ0v) is 14.6. The maximum absolute atomic E-state index is 11.5. The number of ether oxygens (including phenoxy) is 3. The Labute approximate surface area is 146 Å². The summed E-state index contributed by atoms with van der Waals surface area (Å²) in [6, 6.07) is 12.9. The van der Waals surface area contributed by atoms with Crippen LogP contribution in [-0.4, -0.2) is 44.2 Å². The Kier molecular flexibility index (Phi) is 6.59. The Morgan fingerprint density at radius 2 is 1.80 bits per heavy atom. The molecule has 0 atom stereocenters. The van der Waals surface area contributed by atoms with Crippen LogP contribution in [0, 0.1) is 10.1 Å². The summed E-state index contributed by atoms with van der Waals surface area (Å²) in [5, 5.41) is 11.5. The molecule has 0 unspecified atom stereocenters. The number of hydrogen-bond donors (Lipinski definition) is 0. The van der Waals surface area contributed by atoms with Gasteiger partial charge in [0, 0.05) is 18.7 Å². The van der Waals surface area contributed by atoms with Gasteiger partial charge in [0.1, 0.15) is 12.4 Å². The fourth-order valence-corrected chi connectivity index (χ4v) is 2.49. The molecular weight excluding hydrogens is 324 g/mol. The molecule has 0 N–H and O–H groups in total. The van der Waals surface area contributed by atoms with Crippen LogP contribution in [0.25, 0.3) is 0 Å². The summed E-state index contributed by atoms with van der Waals surface area (Å²) in [6.07, 6.45) is 0. The van der Waals surface area contributed by atoms with Gasteiger partial charge in [-0.15, -0.1) is 0 Å². The van der Waals surface area contributed by atoms with E-state index in [-0.39, 0.29) is 11.4 Å². The first-order chi connectivity index (χ1) is 12.1. The summed E-state index contributed by atoms with van der Waals surface area (Å²) in [7, 11) is 4.73. The van der Waals surface area contributed by atoms with Gasteiger partial charge in [0.05, 0.1) is 19.1 Å². The normalized spacial score (nSPS) is 10.6. The zero-order valence-electron chi connectivity index (χ0n) is 14.6. The number of hydrogen-bond acceptors (Lipinski definition) is 6. The second-order valence-corrected chi connectivity index (χ2v) is 5.47. The van der Waals surface area contributed by atoms with E-state index in [0.29, 0.717) is 31.0 Å². The fraction of sp³-hybridized carbons (Fsp3) is 0.333. The number of likely N-dealkylation sites (N-methyl/N-ethyl adjacent to an activating group) is 1. The van der Waals surface area contributed by atoms with Crippen LogP contribution in [0.4, 0.5) is 5.69 Å². The van der Waals surface area contributed by atoms with Gasteiger partial charge >= 0.3 is 5.69 Å². The van der Waals surface area contributed by atoms with E-state index < -0.39 is 4.92 Å². The summed E-state index contributed by atoms with van der Waals surface area (Å²) in [5.74, 6) is 1.28. The van der Waals surface area contributed by atoms with Crippen molar-refractivity contribution in [3.05, 3.63) is 58.1 Å². The van der Waals surface area contributed by atoms with Gasteiger partial charge in [-0.2, -0.15) is 0 Å². The number of methoxy groups -OCH3 is 2. The maximum Gasteiger partial charge on any atom is 0.319 e. The summed E-state index contributed by atoms with van der Waals surface area (Å²) < 4.78 is 16.0. The van der Waals surface area contributed by atoms with Gasteiger partial charge in [-0.25, -0.2) is 0 Å². The molecule has 0 aromatic heterocycles. The molecule has 0 fully saturated rings. The van der Waals surface area contributed by atoms with E-state index in [2.05, 4.69) is 0 Å². The highest BCUT2D eigenvalue weighted by molar-refractivity contribution is 5.60. The van der Waals surface area contributed by atoms with E-state index >= 15 is 0 Å². The molecule has 0 heterocycles. The van der Waals surface area contributed by atoms with Crippen LogP contribution < -0.4 is 14.2 Å².